The van der Waals surface area contributed by atoms with Crippen LogP contribution in [0.3, 0.4) is 0 Å². The van der Waals surface area contributed by atoms with Crippen molar-refractivity contribution in [3.05, 3.63) is 24.0 Å². The standard InChI is InChI=1S/C13H17N3O3S/c1-13(5-2-6-20-13)8-15-12(19)16-9-3-4-10(11(17)18)14-7-9/h3-4,7H,2,5-6,8H2,1H3,(H,17,18)(H2,15,16,19). The predicted octanol–water partition coefficient (Wildman–Crippen LogP) is 2.19. The summed E-state index contributed by atoms with van der Waals surface area (Å²) in [5, 5.41) is 14.2. The maximum atomic E-state index is 11.8. The summed E-state index contributed by atoms with van der Waals surface area (Å²) >= 11 is 1.88. The molecule has 0 aromatic carbocycles. The van der Waals surface area contributed by atoms with Gasteiger partial charge in [0.1, 0.15) is 5.69 Å². The quantitative estimate of drug-likeness (QED) is 0.792. The number of aromatic nitrogens is 1. The van der Waals surface area contributed by atoms with Gasteiger partial charge in [-0.3, -0.25) is 0 Å². The van der Waals surface area contributed by atoms with Gasteiger partial charge in [0.15, 0.2) is 0 Å². The molecule has 0 spiro atoms. The van der Waals surface area contributed by atoms with Gasteiger partial charge in [0, 0.05) is 11.3 Å². The van der Waals surface area contributed by atoms with Crippen LogP contribution in [0.5, 0.6) is 0 Å². The smallest absolute Gasteiger partial charge is 0.354 e. The Morgan fingerprint density at radius 1 is 1.50 bits per heavy atom. The first-order valence-corrected chi connectivity index (χ1v) is 7.35. The minimum Gasteiger partial charge on any atom is -0.477 e. The van der Waals surface area contributed by atoms with Crippen LogP contribution >= 0.6 is 11.8 Å². The number of carboxylic acid groups (broad SMARTS) is 1. The summed E-state index contributed by atoms with van der Waals surface area (Å²) in [4.78, 5) is 26.1. The van der Waals surface area contributed by atoms with Crippen molar-refractivity contribution in [2.45, 2.75) is 24.5 Å². The van der Waals surface area contributed by atoms with Crippen molar-refractivity contribution < 1.29 is 14.7 Å². The number of hydrogen-bond acceptors (Lipinski definition) is 4. The van der Waals surface area contributed by atoms with Crippen molar-refractivity contribution in [1.29, 1.82) is 0 Å². The molecule has 1 fully saturated rings. The topological polar surface area (TPSA) is 91.3 Å². The minimum absolute atomic E-state index is 0.0502. The van der Waals surface area contributed by atoms with E-state index in [0.29, 0.717) is 12.2 Å². The molecular weight excluding hydrogens is 278 g/mol. The van der Waals surface area contributed by atoms with Gasteiger partial charge in [-0.2, -0.15) is 11.8 Å². The van der Waals surface area contributed by atoms with E-state index in [2.05, 4.69) is 22.5 Å². The monoisotopic (exact) mass is 295 g/mol. The highest BCUT2D eigenvalue weighted by Gasteiger charge is 2.29. The maximum absolute atomic E-state index is 11.8. The molecule has 1 atom stereocenters. The Morgan fingerprint density at radius 2 is 2.30 bits per heavy atom. The van der Waals surface area contributed by atoms with E-state index in [0.717, 1.165) is 12.2 Å². The number of thioether (sulfide) groups is 1. The molecular formula is C13H17N3O3S. The van der Waals surface area contributed by atoms with Gasteiger partial charge < -0.3 is 15.7 Å². The molecule has 2 amide bonds. The van der Waals surface area contributed by atoms with E-state index in [9.17, 15) is 9.59 Å². The molecule has 7 heteroatoms. The molecule has 6 nitrogen and oxygen atoms in total. The molecule has 0 bridgehead atoms. The van der Waals surface area contributed by atoms with E-state index in [1.165, 1.54) is 24.8 Å². The lowest BCUT2D eigenvalue weighted by Gasteiger charge is -2.22. The Hall–Kier alpha value is -1.76. The van der Waals surface area contributed by atoms with Crippen molar-refractivity contribution >= 4 is 29.4 Å². The number of hydrogen-bond donors (Lipinski definition) is 3. The third-order valence-corrected chi connectivity index (χ3v) is 4.70. The molecule has 0 saturated carbocycles. The van der Waals surface area contributed by atoms with Crippen LogP contribution in [0.1, 0.15) is 30.3 Å². The molecule has 1 aliphatic heterocycles. The van der Waals surface area contributed by atoms with Gasteiger partial charge in [0.2, 0.25) is 0 Å². The number of carbonyl (C=O) groups excluding carboxylic acids is 1. The van der Waals surface area contributed by atoms with Crippen molar-refractivity contribution in [2.75, 3.05) is 17.6 Å². The number of urea groups is 1. The molecule has 2 heterocycles. The molecule has 1 unspecified atom stereocenters. The van der Waals surface area contributed by atoms with E-state index in [1.807, 2.05) is 11.8 Å². The molecule has 20 heavy (non-hydrogen) atoms. The lowest BCUT2D eigenvalue weighted by Crippen LogP contribution is -2.39. The Morgan fingerprint density at radius 3 is 2.85 bits per heavy atom. The second-order valence-corrected chi connectivity index (χ2v) is 6.63. The van der Waals surface area contributed by atoms with Gasteiger partial charge in [0.25, 0.3) is 0 Å². The first-order valence-electron chi connectivity index (χ1n) is 6.37. The fraction of sp³-hybridized carbons (Fsp3) is 0.462. The van der Waals surface area contributed by atoms with Crippen LogP contribution in [0.2, 0.25) is 0 Å². The fourth-order valence-electron chi connectivity index (χ4n) is 2.01. The van der Waals surface area contributed by atoms with Crippen molar-refractivity contribution in [1.82, 2.24) is 10.3 Å². The molecule has 0 aliphatic carbocycles. The zero-order valence-electron chi connectivity index (χ0n) is 11.2. The average Bonchev–Trinajstić information content (AvgIpc) is 2.85. The molecule has 1 aromatic rings. The van der Waals surface area contributed by atoms with Crippen LogP contribution in [-0.2, 0) is 0 Å². The molecule has 0 radical (unpaired) electrons. The molecule has 108 valence electrons. The lowest BCUT2D eigenvalue weighted by molar-refractivity contribution is 0.0690. The van der Waals surface area contributed by atoms with Crippen LogP contribution in [0, 0.1) is 0 Å². The third kappa shape index (κ3) is 3.86. The minimum atomic E-state index is -1.09. The number of nitrogens with zero attached hydrogens (tertiary/aromatic N) is 1. The van der Waals surface area contributed by atoms with Crippen molar-refractivity contribution in [3.63, 3.8) is 0 Å². The van der Waals surface area contributed by atoms with Crippen LogP contribution in [-0.4, -0.2) is 39.1 Å². The maximum Gasteiger partial charge on any atom is 0.354 e. The second kappa shape index (κ2) is 6.13. The van der Waals surface area contributed by atoms with Crippen LogP contribution in [0.4, 0.5) is 10.5 Å². The number of rotatable bonds is 4. The fourth-order valence-corrected chi connectivity index (χ4v) is 3.26. The first-order chi connectivity index (χ1) is 9.48. The summed E-state index contributed by atoms with van der Waals surface area (Å²) in [5.74, 6) is 0.0487. The van der Waals surface area contributed by atoms with Crippen LogP contribution in [0.15, 0.2) is 18.3 Å². The molecule has 1 saturated heterocycles. The Labute approximate surface area is 121 Å². The summed E-state index contributed by atoms with van der Waals surface area (Å²) in [5.41, 5.74) is 0.419. The van der Waals surface area contributed by atoms with Gasteiger partial charge >= 0.3 is 12.0 Å². The number of carboxylic acids is 1. The van der Waals surface area contributed by atoms with Crippen molar-refractivity contribution in [2.24, 2.45) is 0 Å². The number of aromatic carboxylic acids is 1. The number of anilines is 1. The summed E-state index contributed by atoms with van der Waals surface area (Å²) in [7, 11) is 0. The molecule has 1 aromatic heterocycles. The molecule has 3 N–H and O–H groups in total. The van der Waals surface area contributed by atoms with Gasteiger partial charge in [-0.05, 0) is 37.7 Å². The highest BCUT2D eigenvalue weighted by Crippen LogP contribution is 2.36. The summed E-state index contributed by atoms with van der Waals surface area (Å²) < 4.78 is 0.114. The average molecular weight is 295 g/mol. The van der Waals surface area contributed by atoms with Gasteiger partial charge in [-0.25, -0.2) is 14.6 Å². The van der Waals surface area contributed by atoms with Gasteiger partial charge in [-0.15, -0.1) is 0 Å². The lowest BCUT2D eigenvalue weighted by atomic mass is 10.1. The van der Waals surface area contributed by atoms with E-state index in [-0.39, 0.29) is 16.5 Å². The number of carbonyl (C=O) groups is 2. The van der Waals surface area contributed by atoms with E-state index >= 15 is 0 Å². The van der Waals surface area contributed by atoms with E-state index in [1.54, 1.807) is 0 Å². The largest absolute Gasteiger partial charge is 0.477 e. The first kappa shape index (κ1) is 14.6. The van der Waals surface area contributed by atoms with Gasteiger partial charge in [-0.1, -0.05) is 0 Å². The Kier molecular flexibility index (Phi) is 4.49. The highest BCUT2D eigenvalue weighted by atomic mass is 32.2. The summed E-state index contributed by atoms with van der Waals surface area (Å²) in [6.45, 7) is 2.76. The Balaban J connectivity index is 1.83. The molecule has 1 aliphatic rings. The highest BCUT2D eigenvalue weighted by molar-refractivity contribution is 8.00. The van der Waals surface area contributed by atoms with Crippen LogP contribution in [0.25, 0.3) is 0 Å². The number of amides is 2. The van der Waals surface area contributed by atoms with Gasteiger partial charge in [0.05, 0.1) is 11.9 Å². The SMILES string of the molecule is CC1(CNC(=O)Nc2ccc(C(=O)O)nc2)CCCS1. The summed E-state index contributed by atoms with van der Waals surface area (Å²) in [6.07, 6.45) is 3.62. The van der Waals surface area contributed by atoms with E-state index < -0.39 is 5.97 Å². The second-order valence-electron chi connectivity index (χ2n) is 4.95. The number of pyridine rings is 1. The normalized spacial score (nSPS) is 21.4. The summed E-state index contributed by atoms with van der Waals surface area (Å²) in [6, 6.07) is 2.57. The van der Waals surface area contributed by atoms with Crippen LogP contribution < -0.4 is 10.6 Å². The molecule has 2 rings (SSSR count). The Bertz CT molecular complexity index is 498. The zero-order valence-corrected chi connectivity index (χ0v) is 12.0. The predicted molar refractivity (Wildman–Crippen MR) is 78.3 cm³/mol. The third-order valence-electron chi connectivity index (χ3n) is 3.16. The zero-order chi connectivity index (χ0) is 14.6. The van der Waals surface area contributed by atoms with E-state index in [4.69, 9.17) is 5.11 Å². The van der Waals surface area contributed by atoms with Crippen molar-refractivity contribution in [3.8, 4) is 0 Å². The number of nitrogens with one attached hydrogen (secondary N) is 2.